The van der Waals surface area contributed by atoms with Crippen LogP contribution in [0, 0.1) is 17.5 Å². The Balaban J connectivity index is 0.000000454. The molecule has 0 saturated carbocycles. The molecule has 0 unspecified atom stereocenters. The third-order valence-corrected chi connectivity index (χ3v) is 5.17. The Morgan fingerprint density at radius 2 is 1.61 bits per heavy atom. The van der Waals surface area contributed by atoms with Gasteiger partial charge in [-0.05, 0) is 30.2 Å². The van der Waals surface area contributed by atoms with E-state index < -0.39 is 53.6 Å². The number of benzene rings is 1. The van der Waals surface area contributed by atoms with Gasteiger partial charge < -0.3 is 15.7 Å². The molecule has 3 N–H and O–H groups in total. The van der Waals surface area contributed by atoms with Crippen molar-refractivity contribution in [3.8, 4) is 0 Å². The van der Waals surface area contributed by atoms with E-state index in [0.29, 0.717) is 10.6 Å². The molecule has 1 aromatic carbocycles. The standard InChI is InChI=1S/C17H14F6N6.C2HF3O2/c18-10-6-12(20)11(19)5-9(10)8-3-4-28(7-13(8)24)15-2-1-14-25-26-16(17(21,22)23)29(14)27-15;3-2(4,5)1(6)7/h1-2,5-6,8,13H,3-4,7,24H2;(H,6,7)/t8-,13+;/m1./s1. The van der Waals surface area contributed by atoms with E-state index in [1.807, 2.05) is 0 Å². The number of hydrogen-bond donors (Lipinski definition) is 2. The fourth-order valence-electron chi connectivity index (χ4n) is 3.52. The molecule has 0 radical (unpaired) electrons. The first kappa shape index (κ1) is 27.0. The normalized spacial score (nSPS) is 18.7. The second-order valence-electron chi connectivity index (χ2n) is 7.58. The number of carboxylic acid groups (broad SMARTS) is 1. The number of anilines is 1. The number of nitrogens with zero attached hydrogens (tertiary/aromatic N) is 5. The Kier molecular flexibility index (Phi) is 7.33. The highest BCUT2D eigenvalue weighted by Gasteiger charge is 2.39. The molecule has 0 bridgehead atoms. The summed E-state index contributed by atoms with van der Waals surface area (Å²) in [5, 5.41) is 17.6. The van der Waals surface area contributed by atoms with Crippen molar-refractivity contribution in [2.45, 2.75) is 30.7 Å². The minimum absolute atomic E-state index is 0.0300. The van der Waals surface area contributed by atoms with Crippen molar-refractivity contribution in [3.63, 3.8) is 0 Å². The monoisotopic (exact) mass is 530 g/mol. The largest absolute Gasteiger partial charge is 0.490 e. The Morgan fingerprint density at radius 3 is 2.17 bits per heavy atom. The molecule has 1 saturated heterocycles. The minimum Gasteiger partial charge on any atom is -0.475 e. The van der Waals surface area contributed by atoms with Crippen molar-refractivity contribution < 1.29 is 49.4 Å². The van der Waals surface area contributed by atoms with Gasteiger partial charge >= 0.3 is 18.3 Å². The van der Waals surface area contributed by atoms with Gasteiger partial charge in [0.2, 0.25) is 0 Å². The molecule has 2 aromatic heterocycles. The fourth-order valence-corrected chi connectivity index (χ4v) is 3.52. The van der Waals surface area contributed by atoms with Crippen LogP contribution in [0.2, 0.25) is 0 Å². The van der Waals surface area contributed by atoms with Crippen molar-refractivity contribution in [2.24, 2.45) is 5.73 Å². The first-order valence-electron chi connectivity index (χ1n) is 9.84. The highest BCUT2D eigenvalue weighted by Crippen LogP contribution is 2.33. The summed E-state index contributed by atoms with van der Waals surface area (Å²) >= 11 is 0. The van der Waals surface area contributed by atoms with Crippen molar-refractivity contribution in [1.82, 2.24) is 19.8 Å². The number of halogens is 9. The van der Waals surface area contributed by atoms with Gasteiger partial charge in [0.15, 0.2) is 17.3 Å². The Hall–Kier alpha value is -3.63. The van der Waals surface area contributed by atoms with Crippen molar-refractivity contribution >= 4 is 17.4 Å². The zero-order valence-corrected chi connectivity index (χ0v) is 17.7. The van der Waals surface area contributed by atoms with Crippen molar-refractivity contribution in [1.29, 1.82) is 0 Å². The van der Waals surface area contributed by atoms with Crippen LogP contribution in [0.3, 0.4) is 0 Å². The summed E-state index contributed by atoms with van der Waals surface area (Å²) in [6, 6.07) is 3.42. The van der Waals surface area contributed by atoms with E-state index in [-0.39, 0.29) is 36.5 Å². The number of carboxylic acids is 1. The molecule has 2 atom stereocenters. The van der Waals surface area contributed by atoms with Gasteiger partial charge in [-0.2, -0.15) is 30.9 Å². The van der Waals surface area contributed by atoms with Crippen LogP contribution in [0.15, 0.2) is 24.3 Å². The quantitative estimate of drug-likeness (QED) is 0.386. The average molecular weight is 530 g/mol. The van der Waals surface area contributed by atoms with Gasteiger partial charge in [-0.1, -0.05) is 0 Å². The molecule has 17 heteroatoms. The number of carbonyl (C=O) groups is 1. The Morgan fingerprint density at radius 1 is 1.00 bits per heavy atom. The van der Waals surface area contributed by atoms with Gasteiger partial charge in [-0.3, -0.25) is 0 Å². The van der Waals surface area contributed by atoms with Gasteiger partial charge in [0.25, 0.3) is 5.82 Å². The zero-order valence-electron chi connectivity index (χ0n) is 17.7. The molecule has 4 rings (SSSR count). The van der Waals surface area contributed by atoms with Gasteiger partial charge in [0.05, 0.1) is 0 Å². The second-order valence-corrected chi connectivity index (χ2v) is 7.58. The van der Waals surface area contributed by atoms with Gasteiger partial charge in [0, 0.05) is 31.1 Å². The van der Waals surface area contributed by atoms with Gasteiger partial charge in [-0.15, -0.1) is 15.3 Å². The van der Waals surface area contributed by atoms with Crippen LogP contribution in [0.5, 0.6) is 0 Å². The Labute approximate surface area is 195 Å². The molecule has 0 amide bonds. The van der Waals surface area contributed by atoms with Crippen LogP contribution in [-0.4, -0.2) is 56.2 Å². The first-order chi connectivity index (χ1) is 16.6. The van der Waals surface area contributed by atoms with Gasteiger partial charge in [0.1, 0.15) is 11.6 Å². The van der Waals surface area contributed by atoms with E-state index in [0.717, 1.165) is 6.07 Å². The maximum atomic E-state index is 14.1. The lowest BCUT2D eigenvalue weighted by Gasteiger charge is -2.37. The second kappa shape index (κ2) is 9.79. The van der Waals surface area contributed by atoms with E-state index in [1.54, 1.807) is 4.90 Å². The van der Waals surface area contributed by atoms with Crippen LogP contribution in [-0.2, 0) is 11.0 Å². The van der Waals surface area contributed by atoms with Crippen LogP contribution in [0.25, 0.3) is 5.65 Å². The van der Waals surface area contributed by atoms with Crippen molar-refractivity contribution in [3.05, 3.63) is 53.1 Å². The topological polar surface area (TPSA) is 110 Å². The maximum absolute atomic E-state index is 14.1. The molecule has 36 heavy (non-hydrogen) atoms. The van der Waals surface area contributed by atoms with E-state index in [4.69, 9.17) is 15.6 Å². The lowest BCUT2D eigenvalue weighted by molar-refractivity contribution is -0.192. The molecule has 0 spiro atoms. The summed E-state index contributed by atoms with van der Waals surface area (Å²) in [4.78, 5) is 10.5. The van der Waals surface area contributed by atoms with E-state index in [2.05, 4.69) is 15.3 Å². The van der Waals surface area contributed by atoms with Crippen LogP contribution in [0.1, 0.15) is 23.7 Å². The number of piperidine rings is 1. The predicted molar refractivity (Wildman–Crippen MR) is 103 cm³/mol. The summed E-state index contributed by atoms with van der Waals surface area (Å²) in [6.45, 7) is 0.407. The third kappa shape index (κ3) is 5.77. The third-order valence-electron chi connectivity index (χ3n) is 5.17. The zero-order chi connectivity index (χ0) is 27.0. The molecular weight excluding hydrogens is 515 g/mol. The number of fused-ring (bicyclic) bond motifs is 1. The molecule has 8 nitrogen and oxygen atoms in total. The summed E-state index contributed by atoms with van der Waals surface area (Å²) in [6.07, 6.45) is -9.53. The van der Waals surface area contributed by atoms with Crippen molar-refractivity contribution in [2.75, 3.05) is 18.0 Å². The number of aromatic nitrogens is 4. The number of alkyl halides is 6. The van der Waals surface area contributed by atoms with Gasteiger partial charge in [-0.25, -0.2) is 18.0 Å². The predicted octanol–water partition coefficient (Wildman–Crippen LogP) is 3.51. The molecule has 1 aliphatic rings. The number of hydrogen-bond acceptors (Lipinski definition) is 6. The highest BCUT2D eigenvalue weighted by molar-refractivity contribution is 5.73. The Bertz CT molecular complexity index is 1260. The molecule has 196 valence electrons. The number of nitrogens with two attached hydrogens (primary N) is 1. The maximum Gasteiger partial charge on any atom is 0.490 e. The average Bonchev–Trinajstić information content (AvgIpc) is 3.20. The van der Waals surface area contributed by atoms with Crippen LogP contribution >= 0.6 is 0 Å². The minimum atomic E-state index is -5.08. The molecule has 3 heterocycles. The summed E-state index contributed by atoms with van der Waals surface area (Å²) in [7, 11) is 0. The SMILES string of the molecule is N[C@H]1CN(c2ccc3nnc(C(F)(F)F)n3n2)CC[C@@H]1c1cc(F)c(F)cc1F.O=C(O)C(F)(F)F. The summed E-state index contributed by atoms with van der Waals surface area (Å²) in [5.74, 6) is -7.73. The molecular formula is C19H15F9N6O2. The first-order valence-corrected chi connectivity index (χ1v) is 9.84. The lowest BCUT2D eigenvalue weighted by atomic mass is 9.85. The van der Waals surface area contributed by atoms with E-state index in [1.165, 1.54) is 12.1 Å². The lowest BCUT2D eigenvalue weighted by Crippen LogP contribution is -2.48. The molecule has 3 aromatic rings. The summed E-state index contributed by atoms with van der Waals surface area (Å²) in [5.41, 5.74) is 6.03. The number of aliphatic carboxylic acids is 1. The van der Waals surface area contributed by atoms with Crippen LogP contribution < -0.4 is 10.6 Å². The van der Waals surface area contributed by atoms with E-state index in [9.17, 15) is 39.5 Å². The summed E-state index contributed by atoms with van der Waals surface area (Å²) < 4.78 is 112. The fraction of sp³-hybridized carbons (Fsp3) is 0.368. The number of rotatable bonds is 2. The molecule has 0 aliphatic carbocycles. The molecule has 1 fully saturated rings. The molecule has 1 aliphatic heterocycles. The van der Waals surface area contributed by atoms with Crippen LogP contribution in [0.4, 0.5) is 45.3 Å². The van der Waals surface area contributed by atoms with E-state index >= 15 is 0 Å². The highest BCUT2D eigenvalue weighted by atomic mass is 19.4. The smallest absolute Gasteiger partial charge is 0.475 e.